The first-order valence-corrected chi connectivity index (χ1v) is 9.92. The van der Waals surface area contributed by atoms with Gasteiger partial charge in [-0.05, 0) is 24.9 Å². The van der Waals surface area contributed by atoms with Crippen molar-refractivity contribution in [2.45, 2.75) is 45.6 Å². The molecular weight excluding hydrogens is 344 g/mol. The quantitative estimate of drug-likeness (QED) is 0.373. The zero-order valence-electron chi connectivity index (χ0n) is 15.3. The fourth-order valence-electron chi connectivity index (χ4n) is 2.42. The number of amides is 2. The number of Topliss-reactive ketones (excluding diaryl/α,β-unsaturated/α-hetero) is 1. The van der Waals surface area contributed by atoms with Crippen molar-refractivity contribution in [1.82, 2.24) is 10.6 Å². The standard InChI is InChI=1S/C17H30N2O5S/c1-12(2)15(20)4-7-23-8-5-16(21)19-14-10-13(11-14)17(22)18-6-9-24-25-3/h12-14H,4-11H2,1-3H3,(H,18,22)(H,19,21). The maximum Gasteiger partial charge on any atom is 0.223 e. The molecule has 0 radical (unpaired) electrons. The second-order valence-corrected chi connectivity index (χ2v) is 7.01. The first-order valence-electron chi connectivity index (χ1n) is 8.77. The summed E-state index contributed by atoms with van der Waals surface area (Å²) in [5.41, 5.74) is 0. The Bertz CT molecular complexity index is 439. The Morgan fingerprint density at radius 1 is 1.12 bits per heavy atom. The lowest BCUT2D eigenvalue weighted by molar-refractivity contribution is -0.131. The normalized spacial score (nSPS) is 19.4. The van der Waals surface area contributed by atoms with Crippen molar-refractivity contribution in [2.24, 2.45) is 11.8 Å². The lowest BCUT2D eigenvalue weighted by Gasteiger charge is -2.34. The molecule has 0 unspecified atom stereocenters. The largest absolute Gasteiger partial charge is 0.380 e. The molecule has 7 nitrogen and oxygen atoms in total. The highest BCUT2D eigenvalue weighted by Crippen LogP contribution is 2.27. The van der Waals surface area contributed by atoms with Crippen LogP contribution in [0.4, 0.5) is 0 Å². The first-order chi connectivity index (χ1) is 11.9. The number of rotatable bonds is 13. The van der Waals surface area contributed by atoms with Gasteiger partial charge in [0.05, 0.1) is 19.8 Å². The molecule has 1 rings (SSSR count). The van der Waals surface area contributed by atoms with Crippen molar-refractivity contribution in [2.75, 3.05) is 32.6 Å². The van der Waals surface area contributed by atoms with E-state index in [1.54, 1.807) is 0 Å². The zero-order chi connectivity index (χ0) is 18.7. The molecular formula is C17H30N2O5S. The van der Waals surface area contributed by atoms with Crippen molar-refractivity contribution in [3.05, 3.63) is 0 Å². The molecule has 0 saturated heterocycles. The highest BCUT2D eigenvalue weighted by molar-refractivity contribution is 7.93. The Morgan fingerprint density at radius 3 is 2.44 bits per heavy atom. The summed E-state index contributed by atoms with van der Waals surface area (Å²) in [5.74, 6) is 0.107. The topological polar surface area (TPSA) is 93.7 Å². The van der Waals surface area contributed by atoms with Gasteiger partial charge in [0.25, 0.3) is 0 Å². The average Bonchev–Trinajstić information content (AvgIpc) is 2.53. The minimum atomic E-state index is -0.0765. The monoisotopic (exact) mass is 374 g/mol. The average molecular weight is 375 g/mol. The van der Waals surface area contributed by atoms with Gasteiger partial charge in [-0.15, -0.1) is 0 Å². The number of ether oxygens (including phenoxy) is 1. The highest BCUT2D eigenvalue weighted by Gasteiger charge is 2.34. The first kappa shape index (κ1) is 21.9. The van der Waals surface area contributed by atoms with Crippen LogP contribution in [0.25, 0.3) is 0 Å². The third-order valence-corrected chi connectivity index (χ3v) is 4.49. The molecule has 0 bridgehead atoms. The number of ketones is 1. The van der Waals surface area contributed by atoms with Gasteiger partial charge >= 0.3 is 0 Å². The third-order valence-electron chi connectivity index (χ3n) is 4.09. The summed E-state index contributed by atoms with van der Waals surface area (Å²) in [7, 11) is 0. The van der Waals surface area contributed by atoms with Gasteiger partial charge in [0.15, 0.2) is 0 Å². The molecule has 0 aromatic rings. The van der Waals surface area contributed by atoms with Crippen LogP contribution in [-0.4, -0.2) is 56.3 Å². The lowest BCUT2D eigenvalue weighted by Crippen LogP contribution is -2.49. The van der Waals surface area contributed by atoms with Crippen LogP contribution in [0.1, 0.15) is 39.5 Å². The molecule has 0 aromatic heterocycles. The number of carbonyl (C=O) groups excluding carboxylic acids is 3. The van der Waals surface area contributed by atoms with Crippen molar-refractivity contribution in [3.63, 3.8) is 0 Å². The molecule has 25 heavy (non-hydrogen) atoms. The number of hydrogen-bond acceptors (Lipinski definition) is 6. The van der Waals surface area contributed by atoms with Crippen molar-refractivity contribution in [1.29, 1.82) is 0 Å². The molecule has 2 amide bonds. The van der Waals surface area contributed by atoms with Gasteiger partial charge in [0.2, 0.25) is 11.8 Å². The van der Waals surface area contributed by atoms with Crippen LogP contribution in [0.15, 0.2) is 0 Å². The summed E-state index contributed by atoms with van der Waals surface area (Å²) in [6.45, 7) is 5.38. The zero-order valence-corrected chi connectivity index (χ0v) is 16.2. The summed E-state index contributed by atoms with van der Waals surface area (Å²) >= 11 is 1.27. The summed E-state index contributed by atoms with van der Waals surface area (Å²) in [6, 6.07) is 0.0632. The second-order valence-electron chi connectivity index (χ2n) is 6.45. The van der Waals surface area contributed by atoms with Crippen LogP contribution in [0.5, 0.6) is 0 Å². The summed E-state index contributed by atoms with van der Waals surface area (Å²) in [4.78, 5) is 35.0. The molecule has 8 heteroatoms. The Labute approximate surface area is 154 Å². The third kappa shape index (κ3) is 9.23. The van der Waals surface area contributed by atoms with E-state index in [0.717, 1.165) is 0 Å². The van der Waals surface area contributed by atoms with E-state index in [1.807, 2.05) is 20.1 Å². The highest BCUT2D eigenvalue weighted by atomic mass is 32.2. The van der Waals surface area contributed by atoms with Crippen LogP contribution in [0.2, 0.25) is 0 Å². The molecule has 1 aliphatic rings. The Balaban J connectivity index is 2.00. The van der Waals surface area contributed by atoms with E-state index in [0.29, 0.717) is 45.6 Å². The molecule has 0 spiro atoms. The number of nitrogens with one attached hydrogen (secondary N) is 2. The van der Waals surface area contributed by atoms with E-state index in [-0.39, 0.29) is 41.9 Å². The van der Waals surface area contributed by atoms with E-state index < -0.39 is 0 Å². The van der Waals surface area contributed by atoms with Crippen LogP contribution in [0, 0.1) is 11.8 Å². The van der Waals surface area contributed by atoms with Crippen LogP contribution in [-0.2, 0) is 23.3 Å². The summed E-state index contributed by atoms with van der Waals surface area (Å²) in [6.07, 6.45) is 3.84. The predicted molar refractivity (Wildman–Crippen MR) is 97.0 cm³/mol. The molecule has 0 atom stereocenters. The van der Waals surface area contributed by atoms with E-state index in [1.165, 1.54) is 12.0 Å². The van der Waals surface area contributed by atoms with Crippen molar-refractivity contribution >= 4 is 29.6 Å². The smallest absolute Gasteiger partial charge is 0.223 e. The molecule has 0 aliphatic heterocycles. The van der Waals surface area contributed by atoms with Crippen LogP contribution < -0.4 is 10.6 Å². The van der Waals surface area contributed by atoms with Crippen LogP contribution >= 0.6 is 12.0 Å². The SMILES string of the molecule is CSOCCNC(=O)C1CC(NC(=O)CCOCCC(=O)C(C)C)C1. The minimum absolute atomic E-state index is 0.0216. The van der Waals surface area contributed by atoms with Gasteiger partial charge in [0, 0.05) is 43.5 Å². The van der Waals surface area contributed by atoms with E-state index in [9.17, 15) is 14.4 Å². The lowest BCUT2D eigenvalue weighted by atomic mass is 9.79. The second kappa shape index (κ2) is 12.3. The van der Waals surface area contributed by atoms with Gasteiger partial charge in [-0.3, -0.25) is 14.4 Å². The Kier molecular flexibility index (Phi) is 10.8. The van der Waals surface area contributed by atoms with Gasteiger partial charge in [-0.25, -0.2) is 0 Å². The molecule has 1 fully saturated rings. The van der Waals surface area contributed by atoms with Gasteiger partial charge in [-0.1, -0.05) is 13.8 Å². The van der Waals surface area contributed by atoms with Gasteiger partial charge in [0.1, 0.15) is 5.78 Å². The molecule has 2 N–H and O–H groups in total. The van der Waals surface area contributed by atoms with Crippen molar-refractivity contribution in [3.8, 4) is 0 Å². The van der Waals surface area contributed by atoms with E-state index >= 15 is 0 Å². The number of carbonyl (C=O) groups is 3. The Hall–Kier alpha value is -1.12. The van der Waals surface area contributed by atoms with E-state index in [2.05, 4.69) is 10.6 Å². The Morgan fingerprint density at radius 2 is 1.80 bits per heavy atom. The van der Waals surface area contributed by atoms with E-state index in [4.69, 9.17) is 8.92 Å². The maximum absolute atomic E-state index is 11.8. The molecule has 1 saturated carbocycles. The predicted octanol–water partition coefficient (Wildman–Crippen LogP) is 1.31. The van der Waals surface area contributed by atoms with Crippen molar-refractivity contribution < 1.29 is 23.3 Å². The maximum atomic E-state index is 11.8. The van der Waals surface area contributed by atoms with Gasteiger partial charge in [-0.2, -0.15) is 0 Å². The van der Waals surface area contributed by atoms with Crippen LogP contribution in [0.3, 0.4) is 0 Å². The number of hydrogen-bond donors (Lipinski definition) is 2. The fourth-order valence-corrected chi connectivity index (χ4v) is 2.67. The summed E-state index contributed by atoms with van der Waals surface area (Å²) in [5, 5.41) is 5.72. The minimum Gasteiger partial charge on any atom is -0.380 e. The molecule has 0 heterocycles. The van der Waals surface area contributed by atoms with Gasteiger partial charge < -0.3 is 19.6 Å². The summed E-state index contributed by atoms with van der Waals surface area (Å²) < 4.78 is 10.4. The molecule has 0 aromatic carbocycles. The molecule has 1 aliphatic carbocycles. The molecule has 144 valence electrons. The fraction of sp³-hybridized carbons (Fsp3) is 0.824.